The lowest BCUT2D eigenvalue weighted by molar-refractivity contribution is -0.137. The molecule has 24 heavy (non-hydrogen) atoms. The van der Waals surface area contributed by atoms with Crippen LogP contribution in [0.2, 0.25) is 5.15 Å². The van der Waals surface area contributed by atoms with Gasteiger partial charge < -0.3 is 15.5 Å². The Morgan fingerprint density at radius 1 is 1.04 bits per heavy atom. The third-order valence-electron chi connectivity index (χ3n) is 4.86. The minimum atomic E-state index is -0.102. The van der Waals surface area contributed by atoms with E-state index in [1.54, 1.807) is 11.0 Å². The van der Waals surface area contributed by atoms with Gasteiger partial charge in [-0.2, -0.15) is 0 Å². The molecule has 2 N–H and O–H groups in total. The monoisotopic (exact) mass is 350 g/mol. The number of likely N-dealkylation sites (tertiary alicyclic amines) is 2. The molecule has 1 aromatic rings. The van der Waals surface area contributed by atoms with Gasteiger partial charge in [0.1, 0.15) is 11.0 Å². The number of halogens is 1. The van der Waals surface area contributed by atoms with Gasteiger partial charge in [0.15, 0.2) is 0 Å². The predicted molar refractivity (Wildman–Crippen MR) is 92.7 cm³/mol. The molecular formula is C17H23ClN4O2. The zero-order valence-electron chi connectivity index (χ0n) is 13.7. The van der Waals surface area contributed by atoms with Gasteiger partial charge in [-0.15, -0.1) is 0 Å². The summed E-state index contributed by atoms with van der Waals surface area (Å²) < 4.78 is 0. The highest BCUT2D eigenvalue weighted by Gasteiger charge is 2.31. The standard InChI is InChI=1S/C17H23ClN4O2/c18-14-10-13(11-15(19)20-14)17(24)22-8-4-12(5-9-22)16(23)21-6-2-1-3-7-21/h10-12H,1-9H2,(H2,19,20). The lowest BCUT2D eigenvalue weighted by atomic mass is 9.94. The maximum absolute atomic E-state index is 12.6. The first-order chi connectivity index (χ1) is 11.5. The van der Waals surface area contributed by atoms with Crippen LogP contribution >= 0.6 is 11.6 Å². The highest BCUT2D eigenvalue weighted by Crippen LogP contribution is 2.23. The van der Waals surface area contributed by atoms with E-state index in [0.29, 0.717) is 18.7 Å². The molecule has 0 saturated carbocycles. The summed E-state index contributed by atoms with van der Waals surface area (Å²) in [6.45, 7) is 2.94. The van der Waals surface area contributed by atoms with Gasteiger partial charge in [-0.1, -0.05) is 11.6 Å². The SMILES string of the molecule is Nc1cc(C(=O)N2CCC(C(=O)N3CCCCC3)CC2)cc(Cl)n1. The summed E-state index contributed by atoms with van der Waals surface area (Å²) in [4.78, 5) is 32.8. The molecule has 1 aromatic heterocycles. The van der Waals surface area contributed by atoms with Crippen LogP contribution in [0.25, 0.3) is 0 Å². The second-order valence-electron chi connectivity index (χ2n) is 6.56. The van der Waals surface area contributed by atoms with Gasteiger partial charge >= 0.3 is 0 Å². The molecule has 0 unspecified atom stereocenters. The molecular weight excluding hydrogens is 328 g/mol. The second-order valence-corrected chi connectivity index (χ2v) is 6.94. The van der Waals surface area contributed by atoms with Crippen molar-refractivity contribution in [1.29, 1.82) is 0 Å². The van der Waals surface area contributed by atoms with Gasteiger partial charge in [0, 0.05) is 37.7 Å². The molecule has 3 rings (SSSR count). The van der Waals surface area contributed by atoms with Crippen molar-refractivity contribution in [3.63, 3.8) is 0 Å². The van der Waals surface area contributed by atoms with Crippen LogP contribution in [-0.2, 0) is 4.79 Å². The Hall–Kier alpha value is -1.82. The summed E-state index contributed by atoms with van der Waals surface area (Å²) >= 11 is 5.87. The number of nitrogens with two attached hydrogens (primary N) is 1. The highest BCUT2D eigenvalue weighted by atomic mass is 35.5. The van der Waals surface area contributed by atoms with E-state index in [1.807, 2.05) is 4.90 Å². The molecule has 0 aliphatic carbocycles. The minimum absolute atomic E-state index is 0.0400. The number of carbonyl (C=O) groups is 2. The van der Waals surface area contributed by atoms with E-state index in [2.05, 4.69) is 4.98 Å². The van der Waals surface area contributed by atoms with Crippen molar-refractivity contribution in [2.75, 3.05) is 31.9 Å². The normalized spacial score (nSPS) is 19.4. The Bertz CT molecular complexity index is 603. The zero-order chi connectivity index (χ0) is 17.1. The van der Waals surface area contributed by atoms with Gasteiger partial charge in [0.2, 0.25) is 5.91 Å². The third kappa shape index (κ3) is 3.80. The summed E-state index contributed by atoms with van der Waals surface area (Å²) in [5, 5.41) is 0.216. The molecule has 2 aliphatic rings. The molecule has 0 radical (unpaired) electrons. The van der Waals surface area contributed by atoms with Crippen molar-refractivity contribution in [2.24, 2.45) is 5.92 Å². The van der Waals surface area contributed by atoms with Crippen molar-refractivity contribution in [2.45, 2.75) is 32.1 Å². The number of hydrogen-bond donors (Lipinski definition) is 1. The van der Waals surface area contributed by atoms with E-state index < -0.39 is 0 Å². The van der Waals surface area contributed by atoms with Crippen molar-refractivity contribution in [1.82, 2.24) is 14.8 Å². The van der Waals surface area contributed by atoms with Gasteiger partial charge in [0.25, 0.3) is 5.91 Å². The molecule has 0 spiro atoms. The minimum Gasteiger partial charge on any atom is -0.384 e. The van der Waals surface area contributed by atoms with E-state index in [-0.39, 0.29) is 28.7 Å². The number of pyridine rings is 1. The Balaban J connectivity index is 1.58. The topological polar surface area (TPSA) is 79.5 Å². The quantitative estimate of drug-likeness (QED) is 0.829. The first-order valence-corrected chi connectivity index (χ1v) is 8.93. The largest absolute Gasteiger partial charge is 0.384 e. The fourth-order valence-corrected chi connectivity index (χ4v) is 3.74. The van der Waals surface area contributed by atoms with E-state index in [0.717, 1.165) is 38.8 Å². The van der Waals surface area contributed by atoms with E-state index in [9.17, 15) is 9.59 Å². The number of anilines is 1. The van der Waals surface area contributed by atoms with Crippen LogP contribution in [-0.4, -0.2) is 52.8 Å². The Labute approximate surface area is 147 Å². The molecule has 3 heterocycles. The third-order valence-corrected chi connectivity index (χ3v) is 5.05. The van der Waals surface area contributed by atoms with E-state index >= 15 is 0 Å². The van der Waals surface area contributed by atoms with Crippen LogP contribution in [0.15, 0.2) is 12.1 Å². The zero-order valence-corrected chi connectivity index (χ0v) is 14.5. The van der Waals surface area contributed by atoms with Crippen molar-refractivity contribution in [3.05, 3.63) is 22.8 Å². The van der Waals surface area contributed by atoms with Crippen molar-refractivity contribution < 1.29 is 9.59 Å². The predicted octanol–water partition coefficient (Wildman–Crippen LogP) is 2.18. The molecule has 2 saturated heterocycles. The number of rotatable bonds is 2. The maximum atomic E-state index is 12.6. The Kier molecular flexibility index (Phi) is 5.23. The Morgan fingerprint density at radius 2 is 1.71 bits per heavy atom. The van der Waals surface area contributed by atoms with Gasteiger partial charge in [-0.25, -0.2) is 4.98 Å². The maximum Gasteiger partial charge on any atom is 0.254 e. The number of carbonyl (C=O) groups excluding carboxylic acids is 2. The summed E-state index contributed by atoms with van der Waals surface area (Å²) in [5.41, 5.74) is 6.11. The number of amides is 2. The van der Waals surface area contributed by atoms with Crippen LogP contribution in [0, 0.1) is 5.92 Å². The number of hydrogen-bond acceptors (Lipinski definition) is 4. The number of piperidine rings is 2. The number of aromatic nitrogens is 1. The van der Waals surface area contributed by atoms with Gasteiger partial charge in [-0.3, -0.25) is 9.59 Å². The van der Waals surface area contributed by atoms with Crippen LogP contribution in [0.5, 0.6) is 0 Å². The molecule has 0 bridgehead atoms. The van der Waals surface area contributed by atoms with Gasteiger partial charge in [-0.05, 0) is 44.2 Å². The van der Waals surface area contributed by atoms with Gasteiger partial charge in [0.05, 0.1) is 0 Å². The first-order valence-electron chi connectivity index (χ1n) is 8.56. The molecule has 0 atom stereocenters. The summed E-state index contributed by atoms with van der Waals surface area (Å²) in [6, 6.07) is 3.07. The van der Waals surface area contributed by atoms with Crippen LogP contribution in [0.3, 0.4) is 0 Å². The summed E-state index contributed by atoms with van der Waals surface area (Å²) in [7, 11) is 0. The average Bonchev–Trinajstić information content (AvgIpc) is 2.60. The lowest BCUT2D eigenvalue weighted by Gasteiger charge is -2.35. The first kappa shape index (κ1) is 17.0. The van der Waals surface area contributed by atoms with Crippen LogP contribution < -0.4 is 5.73 Å². The van der Waals surface area contributed by atoms with E-state index in [1.165, 1.54) is 12.5 Å². The fourth-order valence-electron chi connectivity index (χ4n) is 3.53. The second kappa shape index (κ2) is 7.38. The van der Waals surface area contributed by atoms with Crippen molar-refractivity contribution in [3.8, 4) is 0 Å². The Morgan fingerprint density at radius 3 is 2.33 bits per heavy atom. The number of nitrogens with zero attached hydrogens (tertiary/aromatic N) is 3. The summed E-state index contributed by atoms with van der Waals surface area (Å²) in [6.07, 6.45) is 4.86. The molecule has 6 nitrogen and oxygen atoms in total. The van der Waals surface area contributed by atoms with Crippen LogP contribution in [0.4, 0.5) is 5.82 Å². The fraction of sp³-hybridized carbons (Fsp3) is 0.588. The molecule has 2 fully saturated rings. The number of nitrogen functional groups attached to an aromatic ring is 1. The van der Waals surface area contributed by atoms with Crippen molar-refractivity contribution >= 4 is 29.2 Å². The molecule has 130 valence electrons. The molecule has 0 aromatic carbocycles. The average molecular weight is 351 g/mol. The lowest BCUT2D eigenvalue weighted by Crippen LogP contribution is -2.45. The molecule has 2 aliphatic heterocycles. The smallest absolute Gasteiger partial charge is 0.254 e. The molecule has 2 amide bonds. The van der Waals surface area contributed by atoms with Crippen LogP contribution in [0.1, 0.15) is 42.5 Å². The highest BCUT2D eigenvalue weighted by molar-refractivity contribution is 6.29. The summed E-state index contributed by atoms with van der Waals surface area (Å²) in [5.74, 6) is 0.437. The molecule has 7 heteroatoms. The van der Waals surface area contributed by atoms with E-state index in [4.69, 9.17) is 17.3 Å².